The first-order chi connectivity index (χ1) is 7.82. The van der Waals surface area contributed by atoms with Crippen LogP contribution in [0.2, 0.25) is 0 Å². The Morgan fingerprint density at radius 2 is 2.06 bits per heavy atom. The lowest BCUT2D eigenvalue weighted by Gasteiger charge is -2.39. The number of nitrogens with zero attached hydrogens (tertiary/aromatic N) is 1. The summed E-state index contributed by atoms with van der Waals surface area (Å²) >= 11 is 0. The van der Waals surface area contributed by atoms with Crippen LogP contribution >= 0.6 is 0 Å². The number of nitriles is 1. The molecule has 0 radical (unpaired) electrons. The Kier molecular flexibility index (Phi) is 3.26. The monoisotopic (exact) mass is 214 g/mol. The first-order valence-electron chi connectivity index (χ1n) is 5.97. The fraction of sp³-hybridized carbons (Fsp3) is 0.500. The molecule has 0 saturated heterocycles. The highest BCUT2D eigenvalue weighted by molar-refractivity contribution is 5.29. The van der Waals surface area contributed by atoms with Gasteiger partial charge < -0.3 is 5.32 Å². The van der Waals surface area contributed by atoms with Crippen LogP contribution in [-0.4, -0.2) is 12.6 Å². The molecule has 1 aliphatic rings. The zero-order valence-electron chi connectivity index (χ0n) is 9.74. The van der Waals surface area contributed by atoms with Crippen molar-refractivity contribution >= 4 is 0 Å². The molecule has 1 fully saturated rings. The first-order valence-corrected chi connectivity index (χ1v) is 5.97. The lowest BCUT2D eigenvalue weighted by molar-refractivity contribution is 0.271. The highest BCUT2D eigenvalue weighted by Crippen LogP contribution is 2.40. The second-order valence-electron chi connectivity index (χ2n) is 4.54. The van der Waals surface area contributed by atoms with Crippen molar-refractivity contribution in [3.05, 3.63) is 35.9 Å². The number of likely N-dealkylation sites (N-methyl/N-ethyl adjacent to an activating group) is 1. The molecule has 1 aromatic carbocycles. The minimum absolute atomic E-state index is 0.331. The third-order valence-corrected chi connectivity index (χ3v) is 3.76. The second kappa shape index (κ2) is 4.67. The standard InChI is InChI=1S/C14H18N2/c1-16-14(11-15)10-6-5-9-13(14)12-7-3-2-4-8-12/h2-4,7-8,13,16H,5-6,9-10H2,1H3. The van der Waals surface area contributed by atoms with Gasteiger partial charge in [0, 0.05) is 5.92 Å². The van der Waals surface area contributed by atoms with E-state index in [0.717, 1.165) is 19.3 Å². The summed E-state index contributed by atoms with van der Waals surface area (Å²) in [6.07, 6.45) is 4.44. The molecule has 1 N–H and O–H groups in total. The van der Waals surface area contributed by atoms with Gasteiger partial charge >= 0.3 is 0 Å². The van der Waals surface area contributed by atoms with Gasteiger partial charge in [-0.2, -0.15) is 5.26 Å². The second-order valence-corrected chi connectivity index (χ2v) is 4.54. The molecule has 84 valence electrons. The molecule has 0 amide bonds. The number of rotatable bonds is 2. The molecule has 0 heterocycles. The Morgan fingerprint density at radius 3 is 2.69 bits per heavy atom. The van der Waals surface area contributed by atoms with Gasteiger partial charge in [-0.05, 0) is 25.5 Å². The molecule has 0 spiro atoms. The van der Waals surface area contributed by atoms with E-state index in [1.54, 1.807) is 0 Å². The van der Waals surface area contributed by atoms with Gasteiger partial charge in [0.15, 0.2) is 0 Å². The van der Waals surface area contributed by atoms with Crippen molar-refractivity contribution in [2.75, 3.05) is 7.05 Å². The van der Waals surface area contributed by atoms with E-state index in [0.29, 0.717) is 5.92 Å². The SMILES string of the molecule is CNC1(C#N)CCCCC1c1ccccc1. The van der Waals surface area contributed by atoms with Crippen LogP contribution in [-0.2, 0) is 0 Å². The molecule has 2 heteroatoms. The zero-order valence-corrected chi connectivity index (χ0v) is 9.74. The van der Waals surface area contributed by atoms with Crippen LogP contribution in [0.15, 0.2) is 30.3 Å². The predicted molar refractivity (Wildman–Crippen MR) is 65.1 cm³/mol. The van der Waals surface area contributed by atoms with Gasteiger partial charge in [0.05, 0.1) is 6.07 Å². The average molecular weight is 214 g/mol. The summed E-state index contributed by atoms with van der Waals surface area (Å²) in [5, 5.41) is 12.7. The van der Waals surface area contributed by atoms with E-state index in [2.05, 4.69) is 35.7 Å². The van der Waals surface area contributed by atoms with E-state index in [1.807, 2.05) is 13.1 Å². The van der Waals surface area contributed by atoms with Crippen molar-refractivity contribution in [2.45, 2.75) is 37.1 Å². The molecule has 2 nitrogen and oxygen atoms in total. The maximum absolute atomic E-state index is 9.46. The Bertz CT molecular complexity index is 379. The number of hydrogen-bond acceptors (Lipinski definition) is 2. The van der Waals surface area contributed by atoms with Crippen molar-refractivity contribution in [3.8, 4) is 6.07 Å². The molecular formula is C14H18N2. The van der Waals surface area contributed by atoms with Gasteiger partial charge in [-0.1, -0.05) is 43.2 Å². The largest absolute Gasteiger partial charge is 0.302 e. The van der Waals surface area contributed by atoms with Crippen molar-refractivity contribution in [1.29, 1.82) is 5.26 Å². The quantitative estimate of drug-likeness (QED) is 0.821. The number of hydrogen-bond donors (Lipinski definition) is 1. The lowest BCUT2D eigenvalue weighted by Crippen LogP contribution is -2.48. The fourth-order valence-corrected chi connectivity index (χ4v) is 2.80. The van der Waals surface area contributed by atoms with Crippen LogP contribution in [0.25, 0.3) is 0 Å². The van der Waals surface area contributed by atoms with Gasteiger partial charge in [0.2, 0.25) is 0 Å². The van der Waals surface area contributed by atoms with E-state index in [9.17, 15) is 5.26 Å². The Labute approximate surface area is 97.3 Å². The average Bonchev–Trinajstić information content (AvgIpc) is 2.39. The van der Waals surface area contributed by atoms with E-state index in [-0.39, 0.29) is 5.54 Å². The van der Waals surface area contributed by atoms with Crippen LogP contribution in [0, 0.1) is 11.3 Å². The Balaban J connectivity index is 2.34. The summed E-state index contributed by atoms with van der Waals surface area (Å²) in [4.78, 5) is 0. The molecule has 1 saturated carbocycles. The van der Waals surface area contributed by atoms with Gasteiger partial charge in [0.1, 0.15) is 5.54 Å². The smallest absolute Gasteiger partial charge is 0.113 e. The molecule has 0 bridgehead atoms. The topological polar surface area (TPSA) is 35.8 Å². The molecular weight excluding hydrogens is 196 g/mol. The van der Waals surface area contributed by atoms with E-state index < -0.39 is 0 Å². The number of benzene rings is 1. The normalized spacial score (nSPS) is 29.6. The Morgan fingerprint density at radius 1 is 1.31 bits per heavy atom. The molecule has 0 aromatic heterocycles. The van der Waals surface area contributed by atoms with E-state index in [1.165, 1.54) is 12.0 Å². The highest BCUT2D eigenvalue weighted by atomic mass is 15.0. The number of nitrogens with one attached hydrogen (secondary N) is 1. The minimum atomic E-state index is -0.362. The summed E-state index contributed by atoms with van der Waals surface area (Å²) in [5.74, 6) is 0.331. The van der Waals surface area contributed by atoms with Crippen molar-refractivity contribution < 1.29 is 0 Å². The van der Waals surface area contributed by atoms with Crippen molar-refractivity contribution in [1.82, 2.24) is 5.32 Å². The summed E-state index contributed by atoms with van der Waals surface area (Å²) in [7, 11) is 1.91. The summed E-state index contributed by atoms with van der Waals surface area (Å²) < 4.78 is 0. The fourth-order valence-electron chi connectivity index (χ4n) is 2.80. The molecule has 16 heavy (non-hydrogen) atoms. The predicted octanol–water partition coefficient (Wildman–Crippen LogP) is 2.83. The van der Waals surface area contributed by atoms with Crippen LogP contribution in [0.5, 0.6) is 0 Å². The van der Waals surface area contributed by atoms with Crippen molar-refractivity contribution in [2.24, 2.45) is 0 Å². The molecule has 2 unspecified atom stereocenters. The molecule has 1 aromatic rings. The summed E-state index contributed by atoms with van der Waals surface area (Å²) in [5.41, 5.74) is 0.928. The van der Waals surface area contributed by atoms with Crippen LogP contribution in [0.1, 0.15) is 37.2 Å². The van der Waals surface area contributed by atoms with E-state index in [4.69, 9.17) is 0 Å². The van der Waals surface area contributed by atoms with Crippen LogP contribution in [0.4, 0.5) is 0 Å². The summed E-state index contributed by atoms with van der Waals surface area (Å²) in [6.45, 7) is 0. The maximum atomic E-state index is 9.46. The molecule has 1 aliphatic carbocycles. The van der Waals surface area contributed by atoms with Crippen molar-refractivity contribution in [3.63, 3.8) is 0 Å². The third kappa shape index (κ3) is 1.83. The minimum Gasteiger partial charge on any atom is -0.302 e. The molecule has 0 aliphatic heterocycles. The van der Waals surface area contributed by atoms with Gasteiger partial charge in [0.25, 0.3) is 0 Å². The zero-order chi connectivity index (χ0) is 11.4. The Hall–Kier alpha value is -1.33. The van der Waals surface area contributed by atoms with E-state index >= 15 is 0 Å². The van der Waals surface area contributed by atoms with Gasteiger partial charge in [-0.15, -0.1) is 0 Å². The highest BCUT2D eigenvalue weighted by Gasteiger charge is 2.40. The molecule has 2 rings (SSSR count). The third-order valence-electron chi connectivity index (χ3n) is 3.76. The van der Waals surface area contributed by atoms with Crippen LogP contribution < -0.4 is 5.32 Å². The maximum Gasteiger partial charge on any atom is 0.113 e. The van der Waals surface area contributed by atoms with Gasteiger partial charge in [-0.3, -0.25) is 0 Å². The first kappa shape index (κ1) is 11.2. The lowest BCUT2D eigenvalue weighted by atomic mass is 9.70. The molecule has 2 atom stereocenters. The summed E-state index contributed by atoms with van der Waals surface area (Å²) in [6, 6.07) is 12.9. The van der Waals surface area contributed by atoms with Gasteiger partial charge in [-0.25, -0.2) is 0 Å². The van der Waals surface area contributed by atoms with Crippen LogP contribution in [0.3, 0.4) is 0 Å².